The van der Waals surface area contributed by atoms with E-state index in [1.165, 1.54) is 0 Å². The first-order valence-corrected chi connectivity index (χ1v) is 3.53. The van der Waals surface area contributed by atoms with Gasteiger partial charge in [0.1, 0.15) is 0 Å². The molecule has 0 aliphatic heterocycles. The molecule has 1 heterocycles. The summed E-state index contributed by atoms with van der Waals surface area (Å²) in [6.45, 7) is 3.35. The van der Waals surface area contributed by atoms with Gasteiger partial charge in [0.05, 0.1) is 6.07 Å². The number of rotatable bonds is 1. The molecule has 0 aromatic carbocycles. The number of hydrogen-bond donors (Lipinski definition) is 1. The summed E-state index contributed by atoms with van der Waals surface area (Å²) in [5.74, 6) is -0.901. The predicted octanol–water partition coefficient (Wildman–Crippen LogP) is 0.257. The highest BCUT2D eigenvalue weighted by Crippen LogP contribution is 1.93. The van der Waals surface area contributed by atoms with E-state index in [1.807, 2.05) is 4.98 Å². The summed E-state index contributed by atoms with van der Waals surface area (Å²) in [6, 6.07) is 0.489. The van der Waals surface area contributed by atoms with Crippen LogP contribution in [0.2, 0.25) is 0 Å². The Morgan fingerprint density at radius 2 is 2.08 bits per heavy atom. The van der Waals surface area contributed by atoms with Crippen LogP contribution in [0.4, 0.5) is 4.39 Å². The summed E-state index contributed by atoms with van der Waals surface area (Å²) in [4.78, 5) is 23.9. The van der Waals surface area contributed by atoms with E-state index in [0.717, 1.165) is 10.6 Å². The largest absolute Gasteiger partial charge is 0.330 e. The summed E-state index contributed by atoms with van der Waals surface area (Å²) >= 11 is 0. The van der Waals surface area contributed by atoms with E-state index >= 15 is 0 Å². The van der Waals surface area contributed by atoms with Gasteiger partial charge in [0.25, 0.3) is 5.56 Å². The van der Waals surface area contributed by atoms with Crippen LogP contribution in [0.15, 0.2) is 15.7 Å². The van der Waals surface area contributed by atoms with Gasteiger partial charge in [0.15, 0.2) is 0 Å². The van der Waals surface area contributed by atoms with Gasteiger partial charge in [-0.25, -0.2) is 4.79 Å². The van der Waals surface area contributed by atoms with Crippen molar-refractivity contribution < 1.29 is 4.39 Å². The molecule has 0 unspecified atom stereocenters. The van der Waals surface area contributed by atoms with E-state index in [1.54, 1.807) is 13.8 Å². The number of aromatic nitrogens is 2. The summed E-state index contributed by atoms with van der Waals surface area (Å²) in [7, 11) is 0. The van der Waals surface area contributed by atoms with Gasteiger partial charge in [-0.2, -0.15) is 4.39 Å². The SMILES string of the molecule is CC(C)n1c(=O)cc(F)[nH]c1=O. The van der Waals surface area contributed by atoms with Crippen molar-refractivity contribution in [1.82, 2.24) is 9.55 Å². The zero-order chi connectivity index (χ0) is 9.30. The van der Waals surface area contributed by atoms with Gasteiger partial charge < -0.3 is 0 Å². The van der Waals surface area contributed by atoms with Crippen molar-refractivity contribution in [3.8, 4) is 0 Å². The minimum atomic E-state index is -0.901. The Hall–Kier alpha value is -1.39. The normalized spacial score (nSPS) is 10.7. The second-order valence-electron chi connectivity index (χ2n) is 2.72. The Kier molecular flexibility index (Phi) is 2.12. The maximum atomic E-state index is 12.4. The summed E-state index contributed by atoms with van der Waals surface area (Å²) in [6.07, 6.45) is 0. The highest BCUT2D eigenvalue weighted by Gasteiger charge is 2.06. The molecular weight excluding hydrogens is 163 g/mol. The Morgan fingerprint density at radius 3 is 2.50 bits per heavy atom. The molecule has 0 bridgehead atoms. The van der Waals surface area contributed by atoms with Crippen LogP contribution in [-0.2, 0) is 0 Å². The first-order valence-electron chi connectivity index (χ1n) is 3.53. The zero-order valence-corrected chi connectivity index (χ0v) is 6.80. The van der Waals surface area contributed by atoms with Gasteiger partial charge in [-0.1, -0.05) is 0 Å². The van der Waals surface area contributed by atoms with Crippen molar-refractivity contribution in [3.05, 3.63) is 32.9 Å². The molecule has 4 nitrogen and oxygen atoms in total. The lowest BCUT2D eigenvalue weighted by atomic mass is 10.4. The summed E-state index contributed by atoms with van der Waals surface area (Å²) < 4.78 is 13.4. The number of nitrogens with one attached hydrogen (secondary N) is 1. The summed E-state index contributed by atoms with van der Waals surface area (Å²) in [5, 5.41) is 0. The van der Waals surface area contributed by atoms with Crippen LogP contribution in [0.1, 0.15) is 19.9 Å². The lowest BCUT2D eigenvalue weighted by molar-refractivity contribution is 0.502. The minimum absolute atomic E-state index is 0.262. The first-order chi connectivity index (χ1) is 5.52. The number of nitrogens with zero attached hydrogens (tertiary/aromatic N) is 1. The van der Waals surface area contributed by atoms with Gasteiger partial charge >= 0.3 is 5.69 Å². The Labute approximate surface area is 67.7 Å². The molecule has 1 rings (SSSR count). The standard InChI is InChI=1S/C7H9FN2O2/c1-4(2)10-6(11)3-5(8)9-7(10)12/h3-4H,1-2H3,(H,9,12). The van der Waals surface area contributed by atoms with Gasteiger partial charge in [0.2, 0.25) is 5.95 Å². The zero-order valence-electron chi connectivity index (χ0n) is 6.80. The Morgan fingerprint density at radius 1 is 1.50 bits per heavy atom. The first kappa shape index (κ1) is 8.70. The molecule has 1 N–H and O–H groups in total. The molecule has 0 amide bonds. The fourth-order valence-electron chi connectivity index (χ4n) is 0.965. The topological polar surface area (TPSA) is 54.9 Å². The van der Waals surface area contributed by atoms with Crippen LogP contribution in [0.25, 0.3) is 0 Å². The molecule has 12 heavy (non-hydrogen) atoms. The van der Waals surface area contributed by atoms with Gasteiger partial charge in [-0.05, 0) is 13.8 Å². The van der Waals surface area contributed by atoms with Crippen molar-refractivity contribution in [3.63, 3.8) is 0 Å². The lowest BCUT2D eigenvalue weighted by Crippen LogP contribution is -2.36. The molecule has 0 aliphatic carbocycles. The minimum Gasteiger partial charge on any atom is -0.283 e. The molecule has 0 radical (unpaired) electrons. The molecule has 1 aromatic rings. The molecule has 0 atom stereocenters. The molecule has 0 fully saturated rings. The molecule has 0 saturated carbocycles. The van der Waals surface area contributed by atoms with Crippen molar-refractivity contribution in [2.75, 3.05) is 0 Å². The number of hydrogen-bond acceptors (Lipinski definition) is 2. The molecule has 1 aromatic heterocycles. The van der Waals surface area contributed by atoms with Gasteiger partial charge in [0, 0.05) is 6.04 Å². The van der Waals surface area contributed by atoms with Crippen LogP contribution in [0.5, 0.6) is 0 Å². The predicted molar refractivity (Wildman–Crippen MR) is 41.7 cm³/mol. The highest BCUT2D eigenvalue weighted by atomic mass is 19.1. The van der Waals surface area contributed by atoms with Gasteiger partial charge in [-0.15, -0.1) is 0 Å². The summed E-state index contributed by atoms with van der Waals surface area (Å²) in [5.41, 5.74) is -1.33. The smallest absolute Gasteiger partial charge is 0.283 e. The van der Waals surface area contributed by atoms with Crippen LogP contribution < -0.4 is 11.2 Å². The number of aromatic amines is 1. The van der Waals surface area contributed by atoms with E-state index in [0.29, 0.717) is 0 Å². The number of halogens is 1. The maximum Gasteiger partial charge on any atom is 0.330 e. The highest BCUT2D eigenvalue weighted by molar-refractivity contribution is 4.87. The van der Waals surface area contributed by atoms with Gasteiger partial charge in [-0.3, -0.25) is 14.3 Å². The van der Waals surface area contributed by atoms with Crippen molar-refractivity contribution in [1.29, 1.82) is 0 Å². The third kappa shape index (κ3) is 1.44. The van der Waals surface area contributed by atoms with E-state index in [2.05, 4.69) is 0 Å². The number of H-pyrrole nitrogens is 1. The van der Waals surface area contributed by atoms with E-state index in [4.69, 9.17) is 0 Å². The van der Waals surface area contributed by atoms with Crippen molar-refractivity contribution >= 4 is 0 Å². The molecule has 0 spiro atoms. The molecule has 0 aliphatic rings. The van der Waals surface area contributed by atoms with Crippen LogP contribution in [-0.4, -0.2) is 9.55 Å². The second kappa shape index (κ2) is 2.92. The quantitative estimate of drug-likeness (QED) is 0.617. The monoisotopic (exact) mass is 172 g/mol. The third-order valence-electron chi connectivity index (χ3n) is 1.45. The van der Waals surface area contributed by atoms with Crippen LogP contribution in [0.3, 0.4) is 0 Å². The molecule has 66 valence electrons. The van der Waals surface area contributed by atoms with Crippen molar-refractivity contribution in [2.24, 2.45) is 0 Å². The third-order valence-corrected chi connectivity index (χ3v) is 1.45. The van der Waals surface area contributed by atoms with E-state index < -0.39 is 17.2 Å². The maximum absolute atomic E-state index is 12.4. The average molecular weight is 172 g/mol. The van der Waals surface area contributed by atoms with E-state index in [-0.39, 0.29) is 6.04 Å². The fraction of sp³-hybridized carbons (Fsp3) is 0.429. The van der Waals surface area contributed by atoms with Crippen molar-refractivity contribution in [2.45, 2.75) is 19.9 Å². The van der Waals surface area contributed by atoms with Crippen LogP contribution >= 0.6 is 0 Å². The Balaban J connectivity index is 3.50. The fourth-order valence-corrected chi connectivity index (χ4v) is 0.965. The molecule has 0 saturated heterocycles. The van der Waals surface area contributed by atoms with E-state index in [9.17, 15) is 14.0 Å². The Bertz CT molecular complexity index is 360. The second-order valence-corrected chi connectivity index (χ2v) is 2.72. The molecular formula is C7H9FN2O2. The average Bonchev–Trinajstić information content (AvgIpc) is 1.82. The molecule has 5 heteroatoms. The lowest BCUT2D eigenvalue weighted by Gasteiger charge is -2.06. The van der Waals surface area contributed by atoms with Crippen LogP contribution in [0, 0.1) is 5.95 Å².